The fourth-order valence-corrected chi connectivity index (χ4v) is 8.46. The summed E-state index contributed by atoms with van der Waals surface area (Å²) < 4.78 is 4.31. The number of primary amides is 1. The molecular formula is C35H32ClN5O2. The molecule has 3 aliphatic carbocycles. The van der Waals surface area contributed by atoms with Crippen molar-refractivity contribution < 1.29 is 9.59 Å². The zero-order chi connectivity index (χ0) is 29.1. The molecule has 43 heavy (non-hydrogen) atoms. The fraction of sp³-hybridized carbons (Fsp3) is 0.343. The average molecular weight is 590 g/mol. The lowest BCUT2D eigenvalue weighted by atomic mass is 9.53. The second-order valence-corrected chi connectivity index (χ2v) is 13.6. The van der Waals surface area contributed by atoms with E-state index >= 15 is 0 Å². The number of benzene rings is 2. The molecular weight excluding hydrogens is 558 g/mol. The zero-order valence-electron chi connectivity index (χ0n) is 24.0. The van der Waals surface area contributed by atoms with E-state index in [-0.39, 0.29) is 5.91 Å². The highest BCUT2D eigenvalue weighted by atomic mass is 35.5. The number of amides is 2. The number of carbonyl (C=O) groups excluding carboxylic acids is 2. The fourth-order valence-electron chi connectivity index (χ4n) is 8.19. The Morgan fingerprint density at radius 1 is 0.977 bits per heavy atom. The van der Waals surface area contributed by atoms with E-state index in [2.05, 4.69) is 46.7 Å². The van der Waals surface area contributed by atoms with E-state index in [1.165, 1.54) is 25.7 Å². The van der Waals surface area contributed by atoms with Crippen LogP contribution >= 0.6 is 11.6 Å². The minimum Gasteiger partial charge on any atom is -0.366 e. The SMILES string of the molecule is Cc1c(-c2cc3ccc(-c4ccc(C(N)=O)c(Cl)c4)cc3n2CC2CC2)nn2cc(C(=O)N3CC4CC5CC3[C@H]54)ccc12. The molecule has 2 amide bonds. The molecule has 0 radical (unpaired) electrons. The maximum atomic E-state index is 13.6. The summed E-state index contributed by atoms with van der Waals surface area (Å²) >= 11 is 6.39. The van der Waals surface area contributed by atoms with Gasteiger partial charge in [-0.2, -0.15) is 5.10 Å². The van der Waals surface area contributed by atoms with E-state index in [9.17, 15) is 9.59 Å². The molecule has 1 saturated heterocycles. The van der Waals surface area contributed by atoms with Gasteiger partial charge in [-0.05, 0) is 104 Å². The van der Waals surface area contributed by atoms with Crippen LogP contribution in [-0.2, 0) is 6.54 Å². The van der Waals surface area contributed by atoms with E-state index in [4.69, 9.17) is 22.4 Å². The van der Waals surface area contributed by atoms with Crippen LogP contribution in [0, 0.1) is 30.6 Å². The lowest BCUT2D eigenvalue weighted by Crippen LogP contribution is -2.53. The molecule has 0 spiro atoms. The molecule has 4 fully saturated rings. The lowest BCUT2D eigenvalue weighted by molar-refractivity contribution is -0.0204. The summed E-state index contributed by atoms with van der Waals surface area (Å²) in [5.41, 5.74) is 13.8. The number of nitrogens with zero attached hydrogens (tertiary/aromatic N) is 4. The maximum Gasteiger partial charge on any atom is 0.255 e. The van der Waals surface area contributed by atoms with Gasteiger partial charge < -0.3 is 15.2 Å². The van der Waals surface area contributed by atoms with Gasteiger partial charge in [0.25, 0.3) is 5.91 Å². The van der Waals surface area contributed by atoms with Crippen molar-refractivity contribution in [3.05, 3.63) is 82.5 Å². The molecule has 5 aromatic rings. The molecule has 2 aromatic carbocycles. The van der Waals surface area contributed by atoms with Gasteiger partial charge in [0.15, 0.2) is 0 Å². The predicted octanol–water partition coefficient (Wildman–Crippen LogP) is 6.57. The van der Waals surface area contributed by atoms with E-state index in [0.717, 1.165) is 80.9 Å². The van der Waals surface area contributed by atoms with Crippen LogP contribution in [0.15, 0.2) is 60.8 Å². The summed E-state index contributed by atoms with van der Waals surface area (Å²) in [5, 5.41) is 6.59. The van der Waals surface area contributed by atoms with Crippen molar-refractivity contribution in [1.82, 2.24) is 19.1 Å². The number of likely N-dealkylation sites (tertiary alicyclic amines) is 1. The molecule has 4 atom stereocenters. The van der Waals surface area contributed by atoms with Gasteiger partial charge in [-0.25, -0.2) is 4.52 Å². The third-order valence-electron chi connectivity index (χ3n) is 10.8. The molecule has 3 unspecified atom stereocenters. The summed E-state index contributed by atoms with van der Waals surface area (Å²) in [7, 11) is 0. The minimum atomic E-state index is -0.534. The zero-order valence-corrected chi connectivity index (χ0v) is 24.7. The van der Waals surface area contributed by atoms with E-state index in [1.807, 2.05) is 22.8 Å². The number of fused-ring (bicyclic) bond motifs is 2. The predicted molar refractivity (Wildman–Crippen MR) is 167 cm³/mol. The third kappa shape index (κ3) is 3.77. The van der Waals surface area contributed by atoms with Crippen molar-refractivity contribution in [2.24, 2.45) is 29.4 Å². The highest BCUT2D eigenvalue weighted by Gasteiger charge is 2.61. The van der Waals surface area contributed by atoms with Crippen LogP contribution in [0.1, 0.15) is 52.0 Å². The molecule has 3 aromatic heterocycles. The highest BCUT2D eigenvalue weighted by Crippen LogP contribution is 2.60. The van der Waals surface area contributed by atoms with Gasteiger partial charge in [0.1, 0.15) is 5.69 Å². The molecule has 3 saturated carbocycles. The van der Waals surface area contributed by atoms with Crippen LogP contribution in [0.5, 0.6) is 0 Å². The van der Waals surface area contributed by atoms with Crippen LogP contribution in [0.4, 0.5) is 0 Å². The highest BCUT2D eigenvalue weighted by molar-refractivity contribution is 6.34. The Balaban J connectivity index is 1.11. The number of carbonyl (C=O) groups is 2. The lowest BCUT2D eigenvalue weighted by Gasteiger charge is -2.52. The first-order valence-electron chi connectivity index (χ1n) is 15.4. The van der Waals surface area contributed by atoms with Crippen molar-refractivity contribution in [2.45, 2.75) is 45.2 Å². The van der Waals surface area contributed by atoms with Gasteiger partial charge in [-0.15, -0.1) is 0 Å². The van der Waals surface area contributed by atoms with Gasteiger partial charge in [0.05, 0.1) is 27.4 Å². The number of hydrogen-bond donors (Lipinski definition) is 1. The number of aromatic nitrogens is 3. The average Bonchev–Trinajstić information content (AvgIpc) is 3.66. The number of hydrogen-bond acceptors (Lipinski definition) is 3. The van der Waals surface area contributed by atoms with Crippen molar-refractivity contribution >= 4 is 39.8 Å². The Labute approximate surface area is 254 Å². The standard InChI is InChI=1S/C35H32ClN5O2/c1-18-28-9-7-23(35(43)40-16-25-10-24-14-30(40)32(24)25)17-41(28)38-33(18)31-13-22-5-4-21(12-29(22)39(31)15-19-2-3-19)20-6-8-26(34(37)42)27(36)11-20/h4-9,11-13,17,19,24-25,30,32H,2-3,10,14-16H2,1H3,(H2,37,42)/t24?,25?,30?,32-/m1/s1. The molecule has 0 bridgehead atoms. The quantitative estimate of drug-likeness (QED) is 0.243. The second kappa shape index (κ2) is 8.96. The number of pyridine rings is 1. The number of nitrogens with two attached hydrogens (primary N) is 1. The number of halogens is 1. The Hall–Kier alpha value is -4.10. The topological polar surface area (TPSA) is 85.6 Å². The van der Waals surface area contributed by atoms with Crippen LogP contribution < -0.4 is 5.73 Å². The molecule has 2 N–H and O–H groups in total. The van der Waals surface area contributed by atoms with E-state index in [1.54, 1.807) is 12.1 Å². The number of rotatable bonds is 6. The summed E-state index contributed by atoms with van der Waals surface area (Å²) in [4.78, 5) is 27.4. The second-order valence-electron chi connectivity index (χ2n) is 13.2. The Bertz CT molecular complexity index is 2020. The van der Waals surface area contributed by atoms with Crippen LogP contribution in [0.25, 0.3) is 38.9 Å². The number of aryl methyl sites for hydroxylation is 1. The van der Waals surface area contributed by atoms with Gasteiger partial charge in [0.2, 0.25) is 5.91 Å². The first-order valence-corrected chi connectivity index (χ1v) is 15.7. The molecule has 1 aliphatic heterocycles. The van der Waals surface area contributed by atoms with Crippen molar-refractivity contribution in [1.29, 1.82) is 0 Å². The molecule has 9 rings (SSSR count). The molecule has 216 valence electrons. The van der Waals surface area contributed by atoms with Crippen molar-refractivity contribution in [3.63, 3.8) is 0 Å². The van der Waals surface area contributed by atoms with Crippen LogP contribution in [0.2, 0.25) is 5.02 Å². The van der Waals surface area contributed by atoms with Gasteiger partial charge in [-0.3, -0.25) is 9.59 Å². The van der Waals surface area contributed by atoms with Crippen molar-refractivity contribution in [3.8, 4) is 22.5 Å². The van der Waals surface area contributed by atoms with Crippen LogP contribution in [-0.4, -0.2) is 43.5 Å². The first kappa shape index (κ1) is 25.4. The third-order valence-corrected chi connectivity index (χ3v) is 11.1. The smallest absolute Gasteiger partial charge is 0.255 e. The van der Waals surface area contributed by atoms with E-state index < -0.39 is 5.91 Å². The van der Waals surface area contributed by atoms with Gasteiger partial charge in [0, 0.05) is 41.8 Å². The molecule has 7 nitrogen and oxygen atoms in total. The molecule has 4 heterocycles. The largest absolute Gasteiger partial charge is 0.366 e. The summed E-state index contributed by atoms with van der Waals surface area (Å²) in [6.07, 6.45) is 6.88. The Morgan fingerprint density at radius 3 is 2.53 bits per heavy atom. The first-order chi connectivity index (χ1) is 20.8. The van der Waals surface area contributed by atoms with Gasteiger partial charge >= 0.3 is 0 Å². The van der Waals surface area contributed by atoms with Crippen LogP contribution in [0.3, 0.4) is 0 Å². The Morgan fingerprint density at radius 2 is 1.79 bits per heavy atom. The van der Waals surface area contributed by atoms with Crippen molar-refractivity contribution in [2.75, 3.05) is 6.54 Å². The molecule has 4 aliphatic rings. The van der Waals surface area contributed by atoms with E-state index in [0.29, 0.717) is 22.5 Å². The normalized spacial score (nSPS) is 23.8. The molecule has 8 heteroatoms. The summed E-state index contributed by atoms with van der Waals surface area (Å²) in [5.74, 6) is 2.61. The Kier molecular flexibility index (Phi) is 5.29. The van der Waals surface area contributed by atoms with Gasteiger partial charge in [-0.1, -0.05) is 29.8 Å². The summed E-state index contributed by atoms with van der Waals surface area (Å²) in [6, 6.07) is 18.5. The monoisotopic (exact) mass is 589 g/mol. The maximum absolute atomic E-state index is 13.6. The summed E-state index contributed by atoms with van der Waals surface area (Å²) in [6.45, 7) is 3.97. The minimum absolute atomic E-state index is 0.147.